The number of hydrogen-bond donors (Lipinski definition) is 1. The van der Waals surface area contributed by atoms with Crippen molar-refractivity contribution in [2.24, 2.45) is 17.8 Å². The Balaban J connectivity index is 1.77. The first-order chi connectivity index (χ1) is 9.94. The van der Waals surface area contributed by atoms with Gasteiger partial charge in [-0.3, -0.25) is 0 Å². The molecule has 0 aromatic rings. The first kappa shape index (κ1) is 13.5. The van der Waals surface area contributed by atoms with Crippen LogP contribution >= 0.6 is 0 Å². The van der Waals surface area contributed by atoms with E-state index in [1.54, 1.807) is 0 Å². The Morgan fingerprint density at radius 1 is 1.33 bits per heavy atom. The van der Waals surface area contributed by atoms with Crippen LogP contribution in [-0.2, 0) is 14.3 Å². The third-order valence-electron chi connectivity index (χ3n) is 5.93. The molecule has 4 aliphatic rings. The van der Waals surface area contributed by atoms with Crippen molar-refractivity contribution in [3.63, 3.8) is 0 Å². The van der Waals surface area contributed by atoms with E-state index in [1.807, 2.05) is 6.92 Å². The molecule has 0 amide bonds. The molecule has 4 rings (SSSR count). The number of aliphatic hydroxyl groups excluding tert-OH is 1. The van der Waals surface area contributed by atoms with Gasteiger partial charge in [0.2, 0.25) is 0 Å². The molecule has 114 valence electrons. The van der Waals surface area contributed by atoms with Crippen molar-refractivity contribution in [2.45, 2.75) is 56.5 Å². The predicted molar refractivity (Wildman–Crippen MR) is 76.4 cm³/mol. The first-order valence-electron chi connectivity index (χ1n) is 7.86. The summed E-state index contributed by atoms with van der Waals surface area (Å²) >= 11 is 0. The second-order valence-corrected chi connectivity index (χ2v) is 7.18. The van der Waals surface area contributed by atoms with Crippen molar-refractivity contribution in [1.29, 1.82) is 0 Å². The van der Waals surface area contributed by atoms with Crippen molar-refractivity contribution in [3.8, 4) is 0 Å². The standard InChI is InChI=1S/C17H22O4/c1-8-4-5-11-9(2)6-12(18)14-15(13(8)11)20-16(19)17(14)7-10(3)21-17/h10-15,18H,1-2,4-7H2,3H3. The first-order valence-corrected chi connectivity index (χ1v) is 7.86. The van der Waals surface area contributed by atoms with Gasteiger partial charge in [0.15, 0.2) is 5.60 Å². The fourth-order valence-electron chi connectivity index (χ4n) is 5.08. The van der Waals surface area contributed by atoms with Gasteiger partial charge in [-0.1, -0.05) is 24.3 Å². The number of aliphatic hydroxyl groups is 1. The molecule has 21 heavy (non-hydrogen) atoms. The summed E-state index contributed by atoms with van der Waals surface area (Å²) < 4.78 is 11.5. The van der Waals surface area contributed by atoms with Crippen LogP contribution in [0.3, 0.4) is 0 Å². The van der Waals surface area contributed by atoms with Gasteiger partial charge in [0, 0.05) is 12.3 Å². The minimum Gasteiger partial charge on any atom is -0.459 e. The highest BCUT2D eigenvalue weighted by Gasteiger charge is 2.69. The van der Waals surface area contributed by atoms with E-state index in [2.05, 4.69) is 13.2 Å². The van der Waals surface area contributed by atoms with Gasteiger partial charge >= 0.3 is 5.97 Å². The highest BCUT2D eigenvalue weighted by atomic mass is 16.6. The smallest absolute Gasteiger partial charge is 0.339 e. The quantitative estimate of drug-likeness (QED) is 0.547. The Bertz CT molecular complexity index is 531. The summed E-state index contributed by atoms with van der Waals surface area (Å²) in [6.45, 7) is 10.3. The van der Waals surface area contributed by atoms with E-state index in [4.69, 9.17) is 9.47 Å². The zero-order valence-corrected chi connectivity index (χ0v) is 12.4. The maximum Gasteiger partial charge on any atom is 0.339 e. The number of hydrogen-bond acceptors (Lipinski definition) is 4. The highest BCUT2D eigenvalue weighted by Crippen LogP contribution is 2.57. The van der Waals surface area contributed by atoms with E-state index >= 15 is 0 Å². The molecule has 2 heterocycles. The van der Waals surface area contributed by atoms with E-state index < -0.39 is 11.7 Å². The maximum absolute atomic E-state index is 12.4. The topological polar surface area (TPSA) is 55.8 Å². The number of esters is 1. The van der Waals surface area contributed by atoms with Gasteiger partial charge in [0.05, 0.1) is 18.1 Å². The second kappa shape index (κ2) is 4.20. The highest BCUT2D eigenvalue weighted by molar-refractivity contribution is 5.84. The molecular formula is C17H22O4. The lowest BCUT2D eigenvalue weighted by molar-refractivity contribution is -0.226. The van der Waals surface area contributed by atoms with Gasteiger partial charge in [-0.2, -0.15) is 0 Å². The van der Waals surface area contributed by atoms with Crippen LogP contribution in [0, 0.1) is 17.8 Å². The van der Waals surface area contributed by atoms with Crippen LogP contribution in [0.1, 0.15) is 32.6 Å². The minimum absolute atomic E-state index is 0.0533. The summed E-state index contributed by atoms with van der Waals surface area (Å²) in [5.74, 6) is -0.200. The van der Waals surface area contributed by atoms with Gasteiger partial charge in [-0.05, 0) is 32.1 Å². The molecule has 0 aromatic carbocycles. The van der Waals surface area contributed by atoms with Crippen molar-refractivity contribution < 1.29 is 19.4 Å². The molecule has 0 bridgehead atoms. The normalized spacial score (nSPS) is 52.2. The number of rotatable bonds is 0. The van der Waals surface area contributed by atoms with Crippen LogP contribution in [0.4, 0.5) is 0 Å². The lowest BCUT2D eigenvalue weighted by atomic mass is 9.71. The molecule has 4 nitrogen and oxygen atoms in total. The van der Waals surface area contributed by atoms with Crippen LogP contribution in [0.2, 0.25) is 0 Å². The molecule has 4 fully saturated rings. The maximum atomic E-state index is 12.4. The number of carbonyl (C=O) groups excluding carboxylic acids is 1. The van der Waals surface area contributed by atoms with Crippen LogP contribution in [0.5, 0.6) is 0 Å². The largest absolute Gasteiger partial charge is 0.459 e. The number of fused-ring (bicyclic) bond motifs is 4. The average molecular weight is 290 g/mol. The molecule has 2 aliphatic heterocycles. The fraction of sp³-hybridized carbons (Fsp3) is 0.706. The minimum atomic E-state index is -0.929. The molecule has 1 N–H and O–H groups in total. The average Bonchev–Trinajstić information content (AvgIpc) is 2.85. The van der Waals surface area contributed by atoms with E-state index in [-0.39, 0.29) is 35.9 Å². The lowest BCUT2D eigenvalue weighted by Crippen LogP contribution is -2.60. The predicted octanol–water partition coefficient (Wildman–Crippen LogP) is 1.98. The van der Waals surface area contributed by atoms with Crippen LogP contribution < -0.4 is 0 Å². The molecule has 2 saturated heterocycles. The van der Waals surface area contributed by atoms with Crippen molar-refractivity contribution in [1.82, 2.24) is 0 Å². The van der Waals surface area contributed by atoms with Crippen molar-refractivity contribution >= 4 is 5.97 Å². The summed E-state index contributed by atoms with van der Waals surface area (Å²) in [4.78, 5) is 12.4. The zero-order valence-electron chi connectivity index (χ0n) is 12.4. The van der Waals surface area contributed by atoms with Crippen molar-refractivity contribution in [2.75, 3.05) is 0 Å². The third-order valence-corrected chi connectivity index (χ3v) is 5.93. The SMILES string of the molecule is C=C1CC(O)C2C(OC(=O)C23CC(C)O3)C2C(=C)CCC12. The number of ether oxygens (including phenoxy) is 2. The van der Waals surface area contributed by atoms with E-state index in [1.165, 1.54) is 0 Å². The van der Waals surface area contributed by atoms with Gasteiger partial charge in [-0.25, -0.2) is 4.79 Å². The second-order valence-electron chi connectivity index (χ2n) is 7.18. The monoisotopic (exact) mass is 290 g/mol. The zero-order chi connectivity index (χ0) is 14.9. The molecule has 2 saturated carbocycles. The molecule has 4 heteroatoms. The molecule has 0 aromatic heterocycles. The molecule has 0 radical (unpaired) electrons. The molecule has 1 spiro atoms. The Hall–Kier alpha value is -1.13. The Morgan fingerprint density at radius 2 is 2.05 bits per heavy atom. The Kier molecular flexibility index (Phi) is 2.71. The number of carbonyl (C=O) groups is 1. The summed E-state index contributed by atoms with van der Waals surface area (Å²) in [7, 11) is 0. The van der Waals surface area contributed by atoms with E-state index in [0.29, 0.717) is 12.8 Å². The summed E-state index contributed by atoms with van der Waals surface area (Å²) in [5, 5.41) is 10.7. The molecule has 7 unspecified atom stereocenters. The van der Waals surface area contributed by atoms with Gasteiger partial charge in [0.1, 0.15) is 6.10 Å². The van der Waals surface area contributed by atoms with Crippen LogP contribution in [0.15, 0.2) is 24.3 Å². The molecule has 7 atom stereocenters. The van der Waals surface area contributed by atoms with Gasteiger partial charge < -0.3 is 14.6 Å². The summed E-state index contributed by atoms with van der Waals surface area (Å²) in [6, 6.07) is 0. The van der Waals surface area contributed by atoms with Crippen LogP contribution in [-0.4, -0.2) is 35.0 Å². The molecule has 2 aliphatic carbocycles. The van der Waals surface area contributed by atoms with Crippen LogP contribution in [0.25, 0.3) is 0 Å². The van der Waals surface area contributed by atoms with E-state index in [9.17, 15) is 9.90 Å². The summed E-state index contributed by atoms with van der Waals surface area (Å²) in [6.07, 6.45) is 2.25. The van der Waals surface area contributed by atoms with Gasteiger partial charge in [0.25, 0.3) is 0 Å². The Labute approximate surface area is 124 Å². The summed E-state index contributed by atoms with van der Waals surface area (Å²) in [5.41, 5.74) is 1.27. The van der Waals surface area contributed by atoms with E-state index in [0.717, 1.165) is 24.0 Å². The van der Waals surface area contributed by atoms with Gasteiger partial charge in [-0.15, -0.1) is 0 Å². The Morgan fingerprint density at radius 3 is 2.71 bits per heavy atom. The fourth-order valence-corrected chi connectivity index (χ4v) is 5.08. The molecular weight excluding hydrogens is 268 g/mol. The lowest BCUT2D eigenvalue weighted by Gasteiger charge is -2.46. The van der Waals surface area contributed by atoms with Crippen molar-refractivity contribution in [3.05, 3.63) is 24.3 Å². The third kappa shape index (κ3) is 1.60.